The number of hydrogen-bond acceptors (Lipinski definition) is 6. The second-order valence-electron chi connectivity index (χ2n) is 8.47. The lowest BCUT2D eigenvalue weighted by Gasteiger charge is -2.24. The number of nitrogens with one attached hydrogen (secondary N) is 3. The Morgan fingerprint density at radius 2 is 1.68 bits per heavy atom. The van der Waals surface area contributed by atoms with Crippen molar-refractivity contribution >= 4 is 53.2 Å². The lowest BCUT2D eigenvalue weighted by Crippen LogP contribution is -2.35. The fourth-order valence-corrected chi connectivity index (χ4v) is 4.09. The van der Waals surface area contributed by atoms with Gasteiger partial charge in [-0.25, -0.2) is 4.39 Å². The fourth-order valence-electron chi connectivity index (χ4n) is 3.96. The summed E-state index contributed by atoms with van der Waals surface area (Å²) in [7, 11) is -1.93. The first-order valence-corrected chi connectivity index (χ1v) is 12.2. The molecule has 1 aliphatic rings. The molecule has 0 unspecified atom stereocenters. The summed E-state index contributed by atoms with van der Waals surface area (Å²) >= 11 is 6.05. The number of benzene rings is 3. The zero-order valence-electron chi connectivity index (χ0n) is 21.2. The first-order valence-electron chi connectivity index (χ1n) is 11.8. The van der Waals surface area contributed by atoms with Gasteiger partial charge in [0.2, 0.25) is 5.91 Å². The van der Waals surface area contributed by atoms with Gasteiger partial charge in [-0.2, -0.15) is 0 Å². The number of fused-ring (bicyclic) bond motifs is 1. The Balaban J connectivity index is 0.000000599. The van der Waals surface area contributed by atoms with Crippen LogP contribution in [-0.4, -0.2) is 53.5 Å². The topological polar surface area (TPSA) is 133 Å². The molecule has 0 fully saturated rings. The molecule has 5 N–H and O–H groups in total. The zero-order valence-corrected chi connectivity index (χ0v) is 22.0. The standard InChI is InChI=1S/C23H19BClFN4O2.C4H9NO/c1-13(27)30-21-9-5-15(16-4-8-20(26)19(11-16)24(31)32)10-18(21)23(29-12-22(30)28)14-2-6-17(25)7-3-14;1-3-5-4(2)6/h2-11,27-28,31-32H,12H2,1H3;3H2,1-2H3,(H,5,6). The Bertz CT molecular complexity index is 1400. The Morgan fingerprint density at radius 1 is 1.08 bits per heavy atom. The van der Waals surface area contributed by atoms with Crippen LogP contribution in [0.1, 0.15) is 31.9 Å². The molecule has 0 atom stereocenters. The lowest BCUT2D eigenvalue weighted by atomic mass is 9.78. The number of amidine groups is 2. The van der Waals surface area contributed by atoms with Gasteiger partial charge >= 0.3 is 7.12 Å². The highest BCUT2D eigenvalue weighted by Crippen LogP contribution is 2.32. The average molecular weight is 536 g/mol. The summed E-state index contributed by atoms with van der Waals surface area (Å²) in [6.45, 7) is 5.82. The van der Waals surface area contributed by atoms with Crippen LogP contribution in [0.2, 0.25) is 5.02 Å². The number of benzodiazepines with no additional fused rings is 1. The van der Waals surface area contributed by atoms with Gasteiger partial charge in [0.1, 0.15) is 17.5 Å². The second-order valence-corrected chi connectivity index (χ2v) is 8.90. The third-order valence-corrected chi connectivity index (χ3v) is 5.89. The Labute approximate surface area is 226 Å². The quantitative estimate of drug-likeness (QED) is 0.198. The van der Waals surface area contributed by atoms with E-state index in [0.29, 0.717) is 33.1 Å². The molecule has 3 aromatic rings. The molecule has 0 aliphatic carbocycles. The van der Waals surface area contributed by atoms with Gasteiger partial charge < -0.3 is 15.4 Å². The van der Waals surface area contributed by atoms with E-state index < -0.39 is 12.9 Å². The van der Waals surface area contributed by atoms with E-state index in [4.69, 9.17) is 22.4 Å². The molecule has 196 valence electrons. The minimum Gasteiger partial charge on any atom is -0.423 e. The Hall–Kier alpha value is -3.86. The van der Waals surface area contributed by atoms with Crippen molar-refractivity contribution in [2.24, 2.45) is 4.99 Å². The van der Waals surface area contributed by atoms with E-state index in [0.717, 1.165) is 12.1 Å². The van der Waals surface area contributed by atoms with Crippen molar-refractivity contribution in [2.75, 3.05) is 18.0 Å². The third kappa shape index (κ3) is 6.71. The first kappa shape index (κ1) is 28.7. The summed E-state index contributed by atoms with van der Waals surface area (Å²) in [4.78, 5) is 16.1. The SMILES string of the molecule is CC(=N)N1C(=N)CN=C(c2ccc(Cl)cc2)c2cc(-c3ccc(F)c(B(O)O)c3)ccc21.CCNC(C)=O. The van der Waals surface area contributed by atoms with E-state index in [1.54, 1.807) is 37.3 Å². The molecule has 1 amide bonds. The average Bonchev–Trinajstić information content (AvgIpc) is 3.00. The number of anilines is 1. The number of rotatable bonds is 4. The summed E-state index contributed by atoms with van der Waals surface area (Å²) in [6, 6.07) is 16.7. The van der Waals surface area contributed by atoms with Gasteiger partial charge in [0, 0.05) is 35.1 Å². The molecular formula is C27H28BClFN5O3. The lowest BCUT2D eigenvalue weighted by molar-refractivity contribution is -0.118. The van der Waals surface area contributed by atoms with Gasteiger partial charge in [0.05, 0.1) is 17.9 Å². The van der Waals surface area contributed by atoms with Crippen molar-refractivity contribution in [1.29, 1.82) is 10.8 Å². The molecule has 3 aromatic carbocycles. The highest BCUT2D eigenvalue weighted by molar-refractivity contribution is 6.58. The number of carbonyl (C=O) groups is 1. The summed E-state index contributed by atoms with van der Waals surface area (Å²) in [5.41, 5.74) is 3.82. The van der Waals surface area contributed by atoms with Crippen molar-refractivity contribution in [3.05, 3.63) is 82.6 Å². The number of aliphatic imine (C=N–C) groups is 1. The minimum absolute atomic E-state index is 0.0394. The van der Waals surface area contributed by atoms with Gasteiger partial charge in [0.25, 0.3) is 0 Å². The van der Waals surface area contributed by atoms with Gasteiger partial charge in [0.15, 0.2) is 0 Å². The van der Waals surface area contributed by atoms with Crippen LogP contribution in [0.25, 0.3) is 11.1 Å². The predicted octanol–water partition coefficient (Wildman–Crippen LogP) is 3.60. The van der Waals surface area contributed by atoms with Crippen molar-refractivity contribution in [1.82, 2.24) is 5.32 Å². The van der Waals surface area contributed by atoms with Crippen molar-refractivity contribution in [3.63, 3.8) is 0 Å². The molecule has 1 heterocycles. The number of carbonyl (C=O) groups excluding carboxylic acids is 1. The third-order valence-electron chi connectivity index (χ3n) is 5.64. The summed E-state index contributed by atoms with van der Waals surface area (Å²) in [6.07, 6.45) is 0. The summed E-state index contributed by atoms with van der Waals surface area (Å²) in [5, 5.41) is 38.7. The molecule has 8 nitrogen and oxygen atoms in total. The van der Waals surface area contributed by atoms with E-state index in [2.05, 4.69) is 10.3 Å². The molecule has 0 spiro atoms. The molecule has 0 saturated carbocycles. The number of amides is 1. The minimum atomic E-state index is -1.93. The highest BCUT2D eigenvalue weighted by Gasteiger charge is 2.25. The van der Waals surface area contributed by atoms with Crippen LogP contribution in [0.15, 0.2) is 65.7 Å². The van der Waals surface area contributed by atoms with E-state index in [-0.39, 0.29) is 29.6 Å². The number of hydrogen-bond donors (Lipinski definition) is 5. The van der Waals surface area contributed by atoms with Crippen LogP contribution in [0, 0.1) is 16.6 Å². The normalized spacial score (nSPS) is 12.4. The van der Waals surface area contributed by atoms with Crippen molar-refractivity contribution in [3.8, 4) is 11.1 Å². The molecular weight excluding hydrogens is 508 g/mol. The van der Waals surface area contributed by atoms with Crippen molar-refractivity contribution < 1.29 is 19.2 Å². The summed E-state index contributed by atoms with van der Waals surface area (Å²) < 4.78 is 14.0. The van der Waals surface area contributed by atoms with Crippen molar-refractivity contribution in [2.45, 2.75) is 20.8 Å². The first-order chi connectivity index (χ1) is 18.0. The fraction of sp³-hybridized carbons (Fsp3) is 0.185. The maximum absolute atomic E-state index is 14.0. The Kier molecular flexibility index (Phi) is 9.52. The van der Waals surface area contributed by atoms with Gasteiger partial charge in [-0.1, -0.05) is 41.9 Å². The van der Waals surface area contributed by atoms with E-state index in [1.807, 2.05) is 25.1 Å². The highest BCUT2D eigenvalue weighted by atomic mass is 35.5. The monoisotopic (exact) mass is 535 g/mol. The number of nitrogens with zero attached hydrogens (tertiary/aromatic N) is 2. The Morgan fingerprint density at radius 3 is 2.24 bits per heavy atom. The van der Waals surface area contributed by atoms with Crippen LogP contribution in [0.5, 0.6) is 0 Å². The molecule has 0 aromatic heterocycles. The molecule has 0 radical (unpaired) electrons. The molecule has 0 bridgehead atoms. The molecule has 38 heavy (non-hydrogen) atoms. The zero-order chi connectivity index (χ0) is 28.0. The van der Waals surface area contributed by atoms with Gasteiger partial charge in [-0.05, 0) is 55.3 Å². The molecule has 4 rings (SSSR count). The van der Waals surface area contributed by atoms with Crippen LogP contribution in [0.4, 0.5) is 10.1 Å². The van der Waals surface area contributed by atoms with E-state index in [9.17, 15) is 19.2 Å². The van der Waals surface area contributed by atoms with Crippen LogP contribution in [0.3, 0.4) is 0 Å². The van der Waals surface area contributed by atoms with E-state index in [1.165, 1.54) is 24.0 Å². The molecule has 1 aliphatic heterocycles. The smallest absolute Gasteiger partial charge is 0.423 e. The maximum atomic E-state index is 14.0. The van der Waals surface area contributed by atoms with Crippen LogP contribution < -0.4 is 15.7 Å². The van der Waals surface area contributed by atoms with Crippen LogP contribution >= 0.6 is 11.6 Å². The molecule has 11 heteroatoms. The second kappa shape index (κ2) is 12.6. The largest absolute Gasteiger partial charge is 0.491 e. The van der Waals surface area contributed by atoms with Crippen LogP contribution in [-0.2, 0) is 4.79 Å². The maximum Gasteiger partial charge on any atom is 0.491 e. The van der Waals surface area contributed by atoms with E-state index >= 15 is 0 Å². The molecule has 0 saturated heterocycles. The predicted molar refractivity (Wildman–Crippen MR) is 152 cm³/mol. The summed E-state index contributed by atoms with van der Waals surface area (Å²) in [5.74, 6) is -0.314. The van der Waals surface area contributed by atoms with Gasteiger partial charge in [-0.3, -0.25) is 25.5 Å². The van der Waals surface area contributed by atoms with Gasteiger partial charge in [-0.15, -0.1) is 0 Å². The number of halogens is 2.